The SMILES string of the molecule is COc1ccc(/C=N/NC(=O)c2cccc(Br)c2)cc1. The average molecular weight is 333 g/mol. The van der Waals surface area contributed by atoms with Crippen LogP contribution in [0.15, 0.2) is 58.1 Å². The van der Waals surface area contributed by atoms with Crippen molar-refractivity contribution in [3.8, 4) is 5.75 Å². The first-order chi connectivity index (χ1) is 9.69. The van der Waals surface area contributed by atoms with E-state index in [1.165, 1.54) is 0 Å². The number of carbonyl (C=O) groups is 1. The summed E-state index contributed by atoms with van der Waals surface area (Å²) in [6.07, 6.45) is 1.58. The number of amides is 1. The molecule has 102 valence electrons. The molecular weight excluding hydrogens is 320 g/mol. The smallest absolute Gasteiger partial charge is 0.271 e. The zero-order valence-corrected chi connectivity index (χ0v) is 12.4. The molecule has 0 aliphatic heterocycles. The van der Waals surface area contributed by atoms with Crippen LogP contribution in [-0.4, -0.2) is 19.2 Å². The van der Waals surface area contributed by atoms with E-state index >= 15 is 0 Å². The summed E-state index contributed by atoms with van der Waals surface area (Å²) in [6, 6.07) is 14.5. The number of hydrogen-bond acceptors (Lipinski definition) is 3. The van der Waals surface area contributed by atoms with Gasteiger partial charge in [0.05, 0.1) is 13.3 Å². The standard InChI is InChI=1S/C15H13BrN2O2/c1-20-14-7-5-11(6-8-14)10-17-18-15(19)12-3-2-4-13(16)9-12/h2-10H,1H3,(H,18,19)/b17-10+. The second-order valence-electron chi connectivity index (χ2n) is 3.98. The zero-order valence-electron chi connectivity index (χ0n) is 10.8. The maximum atomic E-state index is 11.8. The highest BCUT2D eigenvalue weighted by Crippen LogP contribution is 2.11. The fourth-order valence-corrected chi connectivity index (χ4v) is 1.95. The molecule has 1 amide bonds. The minimum Gasteiger partial charge on any atom is -0.497 e. The van der Waals surface area contributed by atoms with Gasteiger partial charge in [-0.05, 0) is 48.0 Å². The minimum atomic E-state index is -0.254. The van der Waals surface area contributed by atoms with Gasteiger partial charge in [-0.15, -0.1) is 0 Å². The fraction of sp³-hybridized carbons (Fsp3) is 0.0667. The second-order valence-corrected chi connectivity index (χ2v) is 4.90. The molecule has 0 unspecified atom stereocenters. The second kappa shape index (κ2) is 6.86. The van der Waals surface area contributed by atoms with Crippen LogP contribution in [0, 0.1) is 0 Å². The fourth-order valence-electron chi connectivity index (χ4n) is 1.55. The van der Waals surface area contributed by atoms with Crippen molar-refractivity contribution < 1.29 is 9.53 Å². The van der Waals surface area contributed by atoms with Crippen molar-refractivity contribution in [2.75, 3.05) is 7.11 Å². The van der Waals surface area contributed by atoms with E-state index in [-0.39, 0.29) is 5.91 Å². The summed E-state index contributed by atoms with van der Waals surface area (Å²) in [6.45, 7) is 0. The maximum absolute atomic E-state index is 11.8. The Morgan fingerprint density at radius 3 is 2.65 bits per heavy atom. The molecule has 0 spiro atoms. The molecule has 0 bridgehead atoms. The first kappa shape index (κ1) is 14.3. The molecule has 0 aliphatic carbocycles. The number of rotatable bonds is 4. The predicted molar refractivity (Wildman–Crippen MR) is 82.2 cm³/mol. The molecular formula is C15H13BrN2O2. The van der Waals surface area contributed by atoms with Crippen molar-refractivity contribution in [1.82, 2.24) is 5.43 Å². The number of nitrogens with one attached hydrogen (secondary N) is 1. The third-order valence-electron chi connectivity index (χ3n) is 2.58. The van der Waals surface area contributed by atoms with Crippen molar-refractivity contribution in [3.63, 3.8) is 0 Å². The van der Waals surface area contributed by atoms with E-state index < -0.39 is 0 Å². The molecule has 20 heavy (non-hydrogen) atoms. The molecule has 5 heteroatoms. The largest absolute Gasteiger partial charge is 0.497 e. The lowest BCUT2D eigenvalue weighted by molar-refractivity contribution is 0.0955. The van der Waals surface area contributed by atoms with Gasteiger partial charge < -0.3 is 4.74 Å². The van der Waals surface area contributed by atoms with Gasteiger partial charge in [-0.3, -0.25) is 4.79 Å². The van der Waals surface area contributed by atoms with Gasteiger partial charge in [0.15, 0.2) is 0 Å². The van der Waals surface area contributed by atoms with E-state index in [2.05, 4.69) is 26.5 Å². The number of hydrazone groups is 1. The highest BCUT2D eigenvalue weighted by atomic mass is 79.9. The van der Waals surface area contributed by atoms with E-state index in [1.807, 2.05) is 30.3 Å². The van der Waals surface area contributed by atoms with Crippen LogP contribution in [-0.2, 0) is 0 Å². The summed E-state index contributed by atoms with van der Waals surface area (Å²) in [7, 11) is 1.61. The molecule has 0 heterocycles. The Balaban J connectivity index is 1.97. The molecule has 0 radical (unpaired) electrons. The lowest BCUT2D eigenvalue weighted by Gasteiger charge is -2.01. The summed E-state index contributed by atoms with van der Waals surface area (Å²) < 4.78 is 5.91. The Morgan fingerprint density at radius 1 is 1.25 bits per heavy atom. The molecule has 0 aliphatic rings. The van der Waals surface area contributed by atoms with Crippen molar-refractivity contribution in [1.29, 1.82) is 0 Å². The normalized spacial score (nSPS) is 10.5. The number of ether oxygens (including phenoxy) is 1. The van der Waals surface area contributed by atoms with Gasteiger partial charge in [0, 0.05) is 10.0 Å². The average Bonchev–Trinajstić information content (AvgIpc) is 2.48. The molecule has 2 aromatic rings. The van der Waals surface area contributed by atoms with Gasteiger partial charge in [0.2, 0.25) is 0 Å². The molecule has 2 aromatic carbocycles. The van der Waals surface area contributed by atoms with Gasteiger partial charge in [-0.2, -0.15) is 5.10 Å². The molecule has 4 nitrogen and oxygen atoms in total. The molecule has 0 saturated heterocycles. The summed E-state index contributed by atoms with van der Waals surface area (Å²) in [5.74, 6) is 0.524. The number of halogens is 1. The minimum absolute atomic E-state index is 0.254. The molecule has 0 saturated carbocycles. The molecule has 0 atom stereocenters. The van der Waals surface area contributed by atoms with Crippen LogP contribution in [0.2, 0.25) is 0 Å². The molecule has 0 fully saturated rings. The third-order valence-corrected chi connectivity index (χ3v) is 3.08. The summed E-state index contributed by atoms with van der Waals surface area (Å²) in [5.41, 5.74) is 3.90. The molecule has 0 aromatic heterocycles. The Hall–Kier alpha value is -2.14. The van der Waals surface area contributed by atoms with Gasteiger partial charge in [-0.25, -0.2) is 5.43 Å². The number of nitrogens with zero attached hydrogens (tertiary/aromatic N) is 1. The van der Waals surface area contributed by atoms with Gasteiger partial charge in [0.1, 0.15) is 5.75 Å². The Morgan fingerprint density at radius 2 is 2.00 bits per heavy atom. The van der Waals surface area contributed by atoms with Crippen molar-refractivity contribution >= 4 is 28.1 Å². The number of methoxy groups -OCH3 is 1. The lowest BCUT2D eigenvalue weighted by Crippen LogP contribution is -2.17. The van der Waals surface area contributed by atoms with Crippen molar-refractivity contribution in [3.05, 3.63) is 64.1 Å². The number of carbonyl (C=O) groups excluding carboxylic acids is 1. The molecule has 2 rings (SSSR count). The van der Waals surface area contributed by atoms with E-state index in [0.717, 1.165) is 15.8 Å². The van der Waals surface area contributed by atoms with Gasteiger partial charge in [-0.1, -0.05) is 22.0 Å². The van der Waals surface area contributed by atoms with Gasteiger partial charge in [0.25, 0.3) is 5.91 Å². The maximum Gasteiger partial charge on any atom is 0.271 e. The van der Waals surface area contributed by atoms with E-state index in [9.17, 15) is 4.79 Å². The van der Waals surface area contributed by atoms with Crippen LogP contribution in [0.5, 0.6) is 5.75 Å². The topological polar surface area (TPSA) is 50.7 Å². The van der Waals surface area contributed by atoms with Crippen molar-refractivity contribution in [2.24, 2.45) is 5.10 Å². The van der Waals surface area contributed by atoms with Gasteiger partial charge >= 0.3 is 0 Å². The van der Waals surface area contributed by atoms with Crippen LogP contribution in [0.3, 0.4) is 0 Å². The Kier molecular flexibility index (Phi) is 4.90. The van der Waals surface area contributed by atoms with E-state index in [1.54, 1.807) is 31.5 Å². The van der Waals surface area contributed by atoms with E-state index in [0.29, 0.717) is 5.56 Å². The monoisotopic (exact) mass is 332 g/mol. The van der Waals surface area contributed by atoms with E-state index in [4.69, 9.17) is 4.74 Å². The molecule has 1 N–H and O–H groups in total. The highest BCUT2D eigenvalue weighted by Gasteiger charge is 2.03. The summed E-state index contributed by atoms with van der Waals surface area (Å²) in [5, 5.41) is 3.92. The lowest BCUT2D eigenvalue weighted by atomic mass is 10.2. The zero-order chi connectivity index (χ0) is 14.4. The number of benzene rings is 2. The third kappa shape index (κ3) is 3.93. The number of hydrogen-bond donors (Lipinski definition) is 1. The van der Waals surface area contributed by atoms with Crippen LogP contribution >= 0.6 is 15.9 Å². The van der Waals surface area contributed by atoms with Crippen LogP contribution in [0.1, 0.15) is 15.9 Å². The van der Waals surface area contributed by atoms with Crippen LogP contribution in [0.4, 0.5) is 0 Å². The Bertz CT molecular complexity index is 624. The summed E-state index contributed by atoms with van der Waals surface area (Å²) >= 11 is 3.32. The van der Waals surface area contributed by atoms with Crippen LogP contribution < -0.4 is 10.2 Å². The first-order valence-electron chi connectivity index (χ1n) is 5.92. The summed E-state index contributed by atoms with van der Waals surface area (Å²) in [4.78, 5) is 11.8. The highest BCUT2D eigenvalue weighted by molar-refractivity contribution is 9.10. The first-order valence-corrected chi connectivity index (χ1v) is 6.71. The predicted octanol–water partition coefficient (Wildman–Crippen LogP) is 3.22. The van der Waals surface area contributed by atoms with Crippen molar-refractivity contribution in [2.45, 2.75) is 0 Å². The van der Waals surface area contributed by atoms with Crippen LogP contribution in [0.25, 0.3) is 0 Å². The quantitative estimate of drug-likeness (QED) is 0.690. The Labute approximate surface area is 125 Å².